The van der Waals surface area contributed by atoms with Crippen molar-refractivity contribution in [1.82, 2.24) is 2.78 Å². The van der Waals surface area contributed by atoms with Gasteiger partial charge in [-0.05, 0) is 0 Å². The second-order valence-corrected chi connectivity index (χ2v) is 2.73. The number of quaternary nitrogens is 1. The van der Waals surface area contributed by atoms with E-state index in [0.717, 1.165) is 5.69 Å². The fourth-order valence-corrected chi connectivity index (χ4v) is 1.02. The number of rotatable bonds is 0. The minimum atomic E-state index is -0.0111. The highest BCUT2D eigenvalue weighted by Gasteiger charge is 1.91. The van der Waals surface area contributed by atoms with E-state index in [4.69, 9.17) is 0 Å². The maximum absolute atomic E-state index is 10.7. The third-order valence-electron chi connectivity index (χ3n) is 0.930. The van der Waals surface area contributed by atoms with Crippen molar-refractivity contribution in [2.45, 2.75) is 0 Å². The largest absolute Gasteiger partial charge is 0.324 e. The zero-order valence-electron chi connectivity index (χ0n) is 4.67. The van der Waals surface area contributed by atoms with Gasteiger partial charge in [-0.3, -0.25) is 7.58 Å². The molecule has 0 radical (unpaired) electrons. The molecule has 0 spiro atoms. The Kier molecular flexibility index (Phi) is 1.87. The number of aromatic nitrogens is 1. The molecule has 9 heavy (non-hydrogen) atoms. The van der Waals surface area contributed by atoms with Gasteiger partial charge in [0, 0.05) is 12.1 Å². The van der Waals surface area contributed by atoms with Gasteiger partial charge in [-0.2, -0.15) is 0 Å². The van der Waals surface area contributed by atoms with E-state index in [1.807, 2.05) is 22.9 Å². The number of pyridine rings is 1. The van der Waals surface area contributed by atoms with E-state index in [1.54, 1.807) is 12.3 Å². The fraction of sp³-hybridized carbons (Fsp3) is 0. The van der Waals surface area contributed by atoms with Crippen molar-refractivity contribution in [3.05, 3.63) is 28.7 Å². The highest BCUT2D eigenvalue weighted by Crippen LogP contribution is 1.95. The molecule has 0 aromatic carbocycles. The predicted octanol–water partition coefficient (Wildman–Crippen LogP) is -0.0802. The summed E-state index contributed by atoms with van der Waals surface area (Å²) >= 11 is 1.91. The molecule has 1 aromatic heterocycles. The van der Waals surface area contributed by atoms with Crippen LogP contribution in [-0.4, -0.2) is 2.78 Å². The summed E-state index contributed by atoms with van der Waals surface area (Å²) in [6.45, 7) is 0. The van der Waals surface area contributed by atoms with Crippen LogP contribution in [0, 0.1) is 0 Å². The number of nitrogens with zero attached hydrogens (tertiary/aromatic N) is 1. The highest BCUT2D eigenvalue weighted by atomic mass is 127. The van der Waals surface area contributed by atoms with Crippen molar-refractivity contribution in [2.24, 2.45) is 0 Å². The molecule has 1 heterocycles. The third kappa shape index (κ3) is 1.52. The molecule has 0 unspecified atom stereocenters. The quantitative estimate of drug-likeness (QED) is 0.630. The summed E-state index contributed by atoms with van der Waals surface area (Å²) < 4.78 is 1.47. The number of halogens is 1. The SMILES string of the molecule is [NH3+]c1ccc(=O)n(I)c1. The second kappa shape index (κ2) is 2.49. The molecule has 0 bridgehead atoms. The van der Waals surface area contributed by atoms with Gasteiger partial charge in [0.05, 0.1) is 29.1 Å². The van der Waals surface area contributed by atoms with Crippen molar-refractivity contribution < 1.29 is 5.73 Å². The molecule has 0 aliphatic carbocycles. The summed E-state index contributed by atoms with van der Waals surface area (Å²) in [6.07, 6.45) is 1.68. The van der Waals surface area contributed by atoms with E-state index in [0.29, 0.717) is 0 Å². The smallest absolute Gasteiger partial charge is 0.259 e. The minimum absolute atomic E-state index is 0.0111. The van der Waals surface area contributed by atoms with Crippen LogP contribution in [0.1, 0.15) is 0 Å². The first-order chi connectivity index (χ1) is 4.20. The topological polar surface area (TPSA) is 49.6 Å². The lowest BCUT2D eigenvalue weighted by Crippen LogP contribution is -2.41. The molecular formula is C5H6IN2O+. The zero-order chi connectivity index (χ0) is 6.85. The van der Waals surface area contributed by atoms with E-state index >= 15 is 0 Å². The summed E-state index contributed by atoms with van der Waals surface area (Å²) in [5.74, 6) is 0. The summed E-state index contributed by atoms with van der Waals surface area (Å²) in [4.78, 5) is 10.7. The van der Waals surface area contributed by atoms with Crippen LogP contribution in [0.2, 0.25) is 0 Å². The molecule has 0 saturated carbocycles. The Labute approximate surface area is 66.0 Å². The molecule has 3 nitrogen and oxygen atoms in total. The van der Waals surface area contributed by atoms with Crippen molar-refractivity contribution in [2.75, 3.05) is 0 Å². The molecule has 0 saturated heterocycles. The van der Waals surface area contributed by atoms with Crippen LogP contribution in [0.25, 0.3) is 0 Å². The molecule has 0 amide bonds. The molecule has 1 aromatic rings. The predicted molar refractivity (Wildman–Crippen MR) is 42.7 cm³/mol. The van der Waals surface area contributed by atoms with Gasteiger partial charge in [-0.15, -0.1) is 0 Å². The Balaban J connectivity index is 3.34. The first kappa shape index (κ1) is 6.76. The highest BCUT2D eigenvalue weighted by molar-refractivity contribution is 14.1. The van der Waals surface area contributed by atoms with Gasteiger partial charge in [-0.25, -0.2) is 0 Å². The van der Waals surface area contributed by atoms with Gasteiger partial charge in [0.25, 0.3) is 5.56 Å². The number of hydrogen-bond acceptors (Lipinski definition) is 1. The van der Waals surface area contributed by atoms with Crippen LogP contribution in [0.5, 0.6) is 0 Å². The Morgan fingerprint density at radius 1 is 1.56 bits per heavy atom. The van der Waals surface area contributed by atoms with Crippen LogP contribution in [0.15, 0.2) is 23.1 Å². The van der Waals surface area contributed by atoms with Gasteiger partial charge >= 0.3 is 0 Å². The number of hydrogen-bond donors (Lipinski definition) is 1. The molecular weight excluding hydrogens is 231 g/mol. The summed E-state index contributed by atoms with van der Waals surface area (Å²) in [5.41, 5.74) is 4.50. The fourth-order valence-electron chi connectivity index (χ4n) is 0.502. The first-order valence-electron chi connectivity index (χ1n) is 2.41. The van der Waals surface area contributed by atoms with Crippen LogP contribution in [-0.2, 0) is 0 Å². The third-order valence-corrected chi connectivity index (χ3v) is 1.68. The Morgan fingerprint density at radius 3 is 2.67 bits per heavy atom. The van der Waals surface area contributed by atoms with Gasteiger partial charge in [0.1, 0.15) is 5.69 Å². The monoisotopic (exact) mass is 237 g/mol. The average molecular weight is 237 g/mol. The van der Waals surface area contributed by atoms with Gasteiger partial charge in [-0.1, -0.05) is 0 Å². The lowest BCUT2D eigenvalue weighted by Gasteiger charge is -1.89. The minimum Gasteiger partial charge on any atom is -0.324 e. The molecule has 1 rings (SSSR count). The molecule has 3 N–H and O–H groups in total. The lowest BCUT2D eigenvalue weighted by atomic mass is 10.4. The van der Waals surface area contributed by atoms with Crippen molar-refractivity contribution in [3.63, 3.8) is 0 Å². The maximum Gasteiger partial charge on any atom is 0.259 e. The molecule has 0 aliphatic heterocycles. The van der Waals surface area contributed by atoms with Gasteiger partial charge in [0.15, 0.2) is 0 Å². The van der Waals surface area contributed by atoms with Crippen LogP contribution in [0.3, 0.4) is 0 Å². The van der Waals surface area contributed by atoms with E-state index in [1.165, 1.54) is 8.85 Å². The van der Waals surface area contributed by atoms with E-state index in [2.05, 4.69) is 5.73 Å². The van der Waals surface area contributed by atoms with E-state index in [9.17, 15) is 4.79 Å². The standard InChI is InChI=1S/C5H5IN2O/c6-8-3-4(7)1-2-5(8)9/h1-3H,7H2/p+1. The lowest BCUT2D eigenvalue weighted by molar-refractivity contribution is -0.255. The van der Waals surface area contributed by atoms with Gasteiger partial charge < -0.3 is 5.73 Å². The molecule has 48 valence electrons. The summed E-state index contributed by atoms with van der Waals surface area (Å²) in [7, 11) is 0. The molecule has 0 aliphatic rings. The van der Waals surface area contributed by atoms with Crippen LogP contribution >= 0.6 is 22.9 Å². The molecule has 4 heteroatoms. The summed E-state index contributed by atoms with van der Waals surface area (Å²) in [6, 6.07) is 3.19. The second-order valence-electron chi connectivity index (χ2n) is 1.69. The van der Waals surface area contributed by atoms with E-state index < -0.39 is 0 Å². The zero-order valence-corrected chi connectivity index (χ0v) is 6.83. The summed E-state index contributed by atoms with van der Waals surface area (Å²) in [5, 5.41) is 0. The van der Waals surface area contributed by atoms with Crippen LogP contribution in [0.4, 0.5) is 5.69 Å². The molecule has 0 fully saturated rings. The normalized spacial score (nSPS) is 9.56. The molecule has 0 atom stereocenters. The maximum atomic E-state index is 10.7. The van der Waals surface area contributed by atoms with E-state index in [-0.39, 0.29) is 5.56 Å². The van der Waals surface area contributed by atoms with Crippen molar-refractivity contribution >= 4 is 28.6 Å². The Hall–Kier alpha value is -0.360. The van der Waals surface area contributed by atoms with Crippen molar-refractivity contribution in [1.29, 1.82) is 0 Å². The Bertz CT molecular complexity index is 268. The Morgan fingerprint density at radius 2 is 2.22 bits per heavy atom. The van der Waals surface area contributed by atoms with Gasteiger partial charge in [0.2, 0.25) is 0 Å². The van der Waals surface area contributed by atoms with Crippen LogP contribution < -0.4 is 11.3 Å². The first-order valence-corrected chi connectivity index (χ1v) is 3.37. The van der Waals surface area contributed by atoms with Crippen molar-refractivity contribution in [3.8, 4) is 0 Å². The average Bonchev–Trinajstić information content (AvgIpc) is 1.80.